The zero-order valence-corrected chi connectivity index (χ0v) is 11.0. The van der Waals surface area contributed by atoms with Gasteiger partial charge in [0.05, 0.1) is 6.61 Å². The van der Waals surface area contributed by atoms with Gasteiger partial charge in [-0.05, 0) is 31.5 Å². The van der Waals surface area contributed by atoms with Crippen LogP contribution in [0.4, 0.5) is 10.5 Å². The van der Waals surface area contributed by atoms with Crippen LogP contribution >= 0.6 is 0 Å². The van der Waals surface area contributed by atoms with Gasteiger partial charge in [-0.25, -0.2) is 9.59 Å². The molecule has 1 aromatic rings. The topological polar surface area (TPSA) is 89.9 Å². The Balaban J connectivity index is 2.85. The third-order valence-corrected chi connectivity index (χ3v) is 2.65. The summed E-state index contributed by atoms with van der Waals surface area (Å²) in [5.74, 6) is -1.27. The number of benzene rings is 1. The van der Waals surface area contributed by atoms with Crippen LogP contribution in [0.3, 0.4) is 0 Å². The molecule has 0 aromatic heterocycles. The number of anilines is 1. The summed E-state index contributed by atoms with van der Waals surface area (Å²) in [5, 5.41) is 20.0. The Hall–Kier alpha value is -2.08. The number of nitrogens with zero attached hydrogens (tertiary/aromatic N) is 1. The maximum atomic E-state index is 12.0. The molecule has 0 saturated carbocycles. The second-order valence-corrected chi connectivity index (χ2v) is 4.11. The lowest BCUT2D eigenvalue weighted by molar-refractivity contribution is -0.140. The standard InChI is InChI=1S/C13H18N2O4/c1-3-15(10-6-4-5-9(2)7-10)13(19)14-11(8-16)12(17)18/h4-7,11,16H,3,8H2,1-2H3,(H,14,19)(H,17,18). The van der Waals surface area contributed by atoms with Gasteiger partial charge in [-0.3, -0.25) is 4.90 Å². The van der Waals surface area contributed by atoms with Gasteiger partial charge in [0, 0.05) is 12.2 Å². The Labute approximate surface area is 111 Å². The van der Waals surface area contributed by atoms with Gasteiger partial charge < -0.3 is 15.5 Å². The van der Waals surface area contributed by atoms with Crippen molar-refractivity contribution in [2.24, 2.45) is 0 Å². The van der Waals surface area contributed by atoms with Gasteiger partial charge in [-0.15, -0.1) is 0 Å². The van der Waals surface area contributed by atoms with Crippen molar-refractivity contribution in [1.82, 2.24) is 5.32 Å². The van der Waals surface area contributed by atoms with E-state index in [4.69, 9.17) is 10.2 Å². The number of aryl methyl sites for hydroxylation is 1. The van der Waals surface area contributed by atoms with Crippen molar-refractivity contribution in [3.63, 3.8) is 0 Å². The van der Waals surface area contributed by atoms with E-state index in [0.717, 1.165) is 5.56 Å². The molecule has 1 unspecified atom stereocenters. The first-order valence-corrected chi connectivity index (χ1v) is 5.98. The van der Waals surface area contributed by atoms with Crippen molar-refractivity contribution in [1.29, 1.82) is 0 Å². The number of aliphatic hydroxyl groups excluding tert-OH is 1. The number of carboxylic acids is 1. The van der Waals surface area contributed by atoms with Gasteiger partial charge >= 0.3 is 12.0 Å². The molecule has 0 radical (unpaired) electrons. The van der Waals surface area contributed by atoms with E-state index in [1.54, 1.807) is 13.0 Å². The third-order valence-electron chi connectivity index (χ3n) is 2.65. The monoisotopic (exact) mass is 266 g/mol. The van der Waals surface area contributed by atoms with Crippen LogP contribution in [0.25, 0.3) is 0 Å². The number of nitrogens with one attached hydrogen (secondary N) is 1. The minimum absolute atomic E-state index is 0.396. The molecule has 1 atom stereocenters. The molecule has 2 amide bonds. The molecule has 3 N–H and O–H groups in total. The zero-order chi connectivity index (χ0) is 14.4. The Morgan fingerprint density at radius 1 is 1.42 bits per heavy atom. The lowest BCUT2D eigenvalue weighted by atomic mass is 10.2. The van der Waals surface area contributed by atoms with E-state index < -0.39 is 24.6 Å². The van der Waals surface area contributed by atoms with Gasteiger partial charge in [0.15, 0.2) is 6.04 Å². The second-order valence-electron chi connectivity index (χ2n) is 4.11. The summed E-state index contributed by atoms with van der Waals surface area (Å²) in [6, 6.07) is 5.48. The van der Waals surface area contributed by atoms with Crippen molar-refractivity contribution in [2.45, 2.75) is 19.9 Å². The number of carboxylic acid groups (broad SMARTS) is 1. The molecule has 0 aliphatic carbocycles. The number of urea groups is 1. The number of carbonyl (C=O) groups excluding carboxylic acids is 1. The molecule has 0 spiro atoms. The highest BCUT2D eigenvalue weighted by Gasteiger charge is 2.22. The maximum Gasteiger partial charge on any atom is 0.328 e. The number of aliphatic carboxylic acids is 1. The Bertz CT molecular complexity index is 462. The molecule has 0 fully saturated rings. The lowest BCUT2D eigenvalue weighted by Gasteiger charge is -2.23. The van der Waals surface area contributed by atoms with Crippen LogP contribution in [0.2, 0.25) is 0 Å². The van der Waals surface area contributed by atoms with E-state index in [2.05, 4.69) is 5.32 Å². The molecule has 6 heteroatoms. The van der Waals surface area contributed by atoms with Crippen molar-refractivity contribution in [3.05, 3.63) is 29.8 Å². The van der Waals surface area contributed by atoms with Crippen LogP contribution < -0.4 is 10.2 Å². The maximum absolute atomic E-state index is 12.0. The molecule has 0 bridgehead atoms. The number of hydrogen-bond acceptors (Lipinski definition) is 3. The van der Waals surface area contributed by atoms with Gasteiger partial charge in [0.1, 0.15) is 0 Å². The number of rotatable bonds is 5. The summed E-state index contributed by atoms with van der Waals surface area (Å²) in [5.41, 5.74) is 1.68. The molecule has 1 rings (SSSR count). The van der Waals surface area contributed by atoms with Crippen molar-refractivity contribution < 1.29 is 19.8 Å². The predicted octanol–water partition coefficient (Wildman–Crippen LogP) is 0.976. The van der Waals surface area contributed by atoms with Crippen LogP contribution in [0.15, 0.2) is 24.3 Å². The first kappa shape index (κ1) is 15.0. The lowest BCUT2D eigenvalue weighted by Crippen LogP contribution is -2.49. The number of aliphatic hydroxyl groups is 1. The fourth-order valence-corrected chi connectivity index (χ4v) is 1.65. The summed E-state index contributed by atoms with van der Waals surface area (Å²) < 4.78 is 0. The SMILES string of the molecule is CCN(C(=O)NC(CO)C(=O)O)c1cccc(C)c1. The smallest absolute Gasteiger partial charge is 0.328 e. The minimum atomic E-state index is -1.30. The molecule has 19 heavy (non-hydrogen) atoms. The van der Waals surface area contributed by atoms with Crippen molar-refractivity contribution >= 4 is 17.7 Å². The molecule has 1 aromatic carbocycles. The van der Waals surface area contributed by atoms with E-state index in [1.165, 1.54) is 4.90 Å². The second kappa shape index (κ2) is 6.75. The highest BCUT2D eigenvalue weighted by molar-refractivity contribution is 5.94. The summed E-state index contributed by atoms with van der Waals surface area (Å²) in [4.78, 5) is 24.2. The largest absolute Gasteiger partial charge is 0.480 e. The molecular formula is C13H18N2O4. The number of amides is 2. The number of hydrogen-bond donors (Lipinski definition) is 3. The summed E-state index contributed by atoms with van der Waals surface area (Å²) in [7, 11) is 0. The fraction of sp³-hybridized carbons (Fsp3) is 0.385. The highest BCUT2D eigenvalue weighted by atomic mass is 16.4. The first-order chi connectivity index (χ1) is 8.99. The normalized spacial score (nSPS) is 11.7. The summed E-state index contributed by atoms with van der Waals surface area (Å²) >= 11 is 0. The fourth-order valence-electron chi connectivity index (χ4n) is 1.65. The Kier molecular flexibility index (Phi) is 5.32. The molecule has 0 saturated heterocycles. The van der Waals surface area contributed by atoms with Crippen LogP contribution in [-0.2, 0) is 4.79 Å². The molecule has 104 valence electrons. The summed E-state index contributed by atoms with van der Waals surface area (Å²) in [6.45, 7) is 3.44. The van der Waals surface area contributed by atoms with Crippen molar-refractivity contribution in [3.8, 4) is 0 Å². The predicted molar refractivity (Wildman–Crippen MR) is 71.2 cm³/mol. The molecule has 0 heterocycles. The van der Waals surface area contributed by atoms with Gasteiger partial charge in [0.2, 0.25) is 0 Å². The average molecular weight is 266 g/mol. The van der Waals surface area contributed by atoms with Crippen LogP contribution in [0.1, 0.15) is 12.5 Å². The molecule has 6 nitrogen and oxygen atoms in total. The van der Waals surface area contributed by atoms with Crippen LogP contribution in [-0.4, -0.2) is 41.4 Å². The van der Waals surface area contributed by atoms with Crippen LogP contribution in [0, 0.1) is 6.92 Å². The van der Waals surface area contributed by atoms with Gasteiger partial charge in [-0.2, -0.15) is 0 Å². The van der Waals surface area contributed by atoms with E-state index in [-0.39, 0.29) is 0 Å². The molecule has 0 aliphatic heterocycles. The minimum Gasteiger partial charge on any atom is -0.480 e. The van der Waals surface area contributed by atoms with Crippen molar-refractivity contribution in [2.75, 3.05) is 18.1 Å². The van der Waals surface area contributed by atoms with E-state index in [1.807, 2.05) is 25.1 Å². The average Bonchev–Trinajstić information content (AvgIpc) is 2.36. The quantitative estimate of drug-likeness (QED) is 0.741. The number of carbonyl (C=O) groups is 2. The summed E-state index contributed by atoms with van der Waals surface area (Å²) in [6.07, 6.45) is 0. The van der Waals surface area contributed by atoms with E-state index in [0.29, 0.717) is 12.2 Å². The van der Waals surface area contributed by atoms with Crippen LogP contribution in [0.5, 0.6) is 0 Å². The zero-order valence-electron chi connectivity index (χ0n) is 11.0. The Morgan fingerprint density at radius 2 is 2.11 bits per heavy atom. The highest BCUT2D eigenvalue weighted by Crippen LogP contribution is 2.15. The van der Waals surface area contributed by atoms with Gasteiger partial charge in [0.25, 0.3) is 0 Å². The van der Waals surface area contributed by atoms with Gasteiger partial charge in [-0.1, -0.05) is 12.1 Å². The molecular weight excluding hydrogens is 248 g/mol. The van der Waals surface area contributed by atoms with E-state index >= 15 is 0 Å². The Morgan fingerprint density at radius 3 is 2.58 bits per heavy atom. The van der Waals surface area contributed by atoms with E-state index in [9.17, 15) is 9.59 Å². The first-order valence-electron chi connectivity index (χ1n) is 5.98. The third kappa shape index (κ3) is 3.96. The molecule has 0 aliphatic rings.